The van der Waals surface area contributed by atoms with Crippen LogP contribution in [0.15, 0.2) is 83.9 Å². The highest BCUT2D eigenvalue weighted by Gasteiger charge is 2.54. The van der Waals surface area contributed by atoms with Gasteiger partial charge in [0.05, 0.1) is 11.4 Å². The highest BCUT2D eigenvalue weighted by molar-refractivity contribution is 6.13. The summed E-state index contributed by atoms with van der Waals surface area (Å²) in [6.45, 7) is 2.26. The van der Waals surface area contributed by atoms with Crippen LogP contribution < -0.4 is 0 Å². The first-order valence-corrected chi connectivity index (χ1v) is 12.5. The molecule has 0 bridgehead atoms. The smallest absolute Gasteiger partial charge is 0.139 e. The Labute approximate surface area is 196 Å². The van der Waals surface area contributed by atoms with E-state index in [1.807, 2.05) is 0 Å². The third-order valence-corrected chi connectivity index (χ3v) is 8.75. The molecule has 0 aliphatic heterocycles. The van der Waals surface area contributed by atoms with E-state index in [-0.39, 0.29) is 5.41 Å². The van der Waals surface area contributed by atoms with Gasteiger partial charge in [0.2, 0.25) is 0 Å². The Bertz CT molecular complexity index is 1170. The standard InChI is InChI=1S/C31H31NO/c1-31-19-18-26-25-15-13-24(20-23(25)12-14-27(26)28(31)16-17-29(31)33)32-30(21-8-4-2-5-9-21)22-10-6-3-7-11-22/h2-11,13,15,20,26-28H,12,14,16-19H2,1H3/t26-,27-,28+,31+/m1/s1. The van der Waals surface area contributed by atoms with Crippen molar-refractivity contribution < 1.29 is 4.79 Å². The molecule has 33 heavy (non-hydrogen) atoms. The molecule has 166 valence electrons. The van der Waals surface area contributed by atoms with Crippen LogP contribution in [0, 0.1) is 17.3 Å². The normalized spacial score (nSPS) is 27.9. The van der Waals surface area contributed by atoms with E-state index in [0.717, 1.165) is 54.6 Å². The number of ketones is 1. The summed E-state index contributed by atoms with van der Waals surface area (Å²) in [5.41, 5.74) is 7.26. The zero-order valence-corrected chi connectivity index (χ0v) is 19.3. The average Bonchev–Trinajstić information content (AvgIpc) is 3.17. The first-order chi connectivity index (χ1) is 16.1. The van der Waals surface area contributed by atoms with E-state index >= 15 is 0 Å². The van der Waals surface area contributed by atoms with Crippen molar-refractivity contribution in [3.05, 3.63) is 101 Å². The van der Waals surface area contributed by atoms with Crippen molar-refractivity contribution in [1.82, 2.24) is 0 Å². The quantitative estimate of drug-likeness (QED) is 0.399. The average molecular weight is 434 g/mol. The van der Waals surface area contributed by atoms with E-state index in [9.17, 15) is 4.79 Å². The molecular formula is C31H31NO. The van der Waals surface area contributed by atoms with Crippen molar-refractivity contribution in [2.45, 2.75) is 51.4 Å². The highest BCUT2D eigenvalue weighted by Crippen LogP contribution is 2.59. The fourth-order valence-electron chi connectivity index (χ4n) is 7.03. The highest BCUT2D eigenvalue weighted by atomic mass is 16.1. The SMILES string of the molecule is C[C@]12CC[C@@H]3c4ccc(N=C(c5ccccc5)c5ccccc5)cc4CC[C@H]3[C@@H]1CCC2=O. The van der Waals surface area contributed by atoms with Crippen LogP contribution in [0.25, 0.3) is 0 Å². The van der Waals surface area contributed by atoms with Crippen LogP contribution in [0.3, 0.4) is 0 Å². The molecule has 0 N–H and O–H groups in total. The Kier molecular flexibility index (Phi) is 5.05. The number of hydrogen-bond donors (Lipinski definition) is 0. The fraction of sp³-hybridized carbons (Fsp3) is 0.355. The number of aryl methyl sites for hydroxylation is 1. The lowest BCUT2D eigenvalue weighted by molar-refractivity contribution is -0.129. The van der Waals surface area contributed by atoms with Crippen molar-refractivity contribution in [3.8, 4) is 0 Å². The van der Waals surface area contributed by atoms with Crippen molar-refractivity contribution >= 4 is 17.2 Å². The molecule has 0 unspecified atom stereocenters. The van der Waals surface area contributed by atoms with Crippen LogP contribution in [0.4, 0.5) is 5.69 Å². The Hall–Kier alpha value is -3.00. The van der Waals surface area contributed by atoms with Gasteiger partial charge in [-0.05, 0) is 73.1 Å². The van der Waals surface area contributed by atoms with Crippen molar-refractivity contribution in [1.29, 1.82) is 0 Å². The second kappa shape index (κ2) is 8.09. The zero-order valence-electron chi connectivity index (χ0n) is 19.3. The number of carbonyl (C=O) groups is 1. The Morgan fingerprint density at radius 1 is 0.848 bits per heavy atom. The summed E-state index contributed by atoms with van der Waals surface area (Å²) in [7, 11) is 0. The van der Waals surface area contributed by atoms with Crippen molar-refractivity contribution in [3.63, 3.8) is 0 Å². The number of nitrogens with zero attached hydrogens (tertiary/aromatic N) is 1. The van der Waals surface area contributed by atoms with E-state index in [1.54, 1.807) is 0 Å². The van der Waals surface area contributed by atoms with Crippen LogP contribution in [-0.4, -0.2) is 11.5 Å². The van der Waals surface area contributed by atoms with Gasteiger partial charge in [0.15, 0.2) is 0 Å². The first kappa shape index (κ1) is 20.6. The second-order valence-corrected chi connectivity index (χ2v) is 10.4. The summed E-state index contributed by atoms with van der Waals surface area (Å²) in [5.74, 6) is 2.38. The molecule has 3 aromatic rings. The largest absolute Gasteiger partial charge is 0.299 e. The Morgan fingerprint density at radius 2 is 1.55 bits per heavy atom. The van der Waals surface area contributed by atoms with Crippen molar-refractivity contribution in [2.24, 2.45) is 22.2 Å². The number of carbonyl (C=O) groups excluding carboxylic acids is 1. The van der Waals surface area contributed by atoms with E-state index < -0.39 is 0 Å². The van der Waals surface area contributed by atoms with Gasteiger partial charge in [0.1, 0.15) is 5.78 Å². The molecule has 4 atom stereocenters. The molecule has 3 aromatic carbocycles. The molecule has 3 aliphatic rings. The number of hydrogen-bond acceptors (Lipinski definition) is 2. The van der Waals surface area contributed by atoms with Gasteiger partial charge in [-0.1, -0.05) is 73.7 Å². The molecule has 0 spiro atoms. The lowest BCUT2D eigenvalue weighted by Gasteiger charge is -2.48. The number of aliphatic imine (C=N–C) groups is 1. The minimum absolute atomic E-state index is 0.0524. The van der Waals surface area contributed by atoms with Gasteiger partial charge in [-0.3, -0.25) is 4.79 Å². The molecule has 2 saturated carbocycles. The van der Waals surface area contributed by atoms with Crippen LogP contribution in [-0.2, 0) is 11.2 Å². The summed E-state index contributed by atoms with van der Waals surface area (Å²) < 4.78 is 0. The van der Waals surface area contributed by atoms with Gasteiger partial charge in [0.25, 0.3) is 0 Å². The Morgan fingerprint density at radius 3 is 2.24 bits per heavy atom. The molecule has 0 saturated heterocycles. The lowest BCUT2D eigenvalue weighted by Crippen LogP contribution is -2.42. The Balaban J connectivity index is 1.35. The van der Waals surface area contributed by atoms with Crippen LogP contribution in [0.1, 0.15) is 67.2 Å². The minimum Gasteiger partial charge on any atom is -0.299 e. The summed E-state index contributed by atoms with van der Waals surface area (Å²) in [5, 5.41) is 0. The predicted molar refractivity (Wildman–Crippen MR) is 134 cm³/mol. The maximum atomic E-state index is 12.6. The molecule has 3 aliphatic carbocycles. The molecule has 6 rings (SSSR count). The van der Waals surface area contributed by atoms with Crippen LogP contribution in [0.2, 0.25) is 0 Å². The first-order valence-electron chi connectivity index (χ1n) is 12.5. The zero-order chi connectivity index (χ0) is 22.4. The van der Waals surface area contributed by atoms with Gasteiger partial charge >= 0.3 is 0 Å². The van der Waals surface area contributed by atoms with Gasteiger partial charge in [-0.25, -0.2) is 4.99 Å². The third-order valence-electron chi connectivity index (χ3n) is 8.75. The topological polar surface area (TPSA) is 29.4 Å². The third kappa shape index (κ3) is 3.47. The van der Waals surface area contributed by atoms with E-state index in [2.05, 4.69) is 85.8 Å². The van der Waals surface area contributed by atoms with E-state index in [0.29, 0.717) is 23.5 Å². The van der Waals surface area contributed by atoms with E-state index in [4.69, 9.17) is 4.99 Å². The van der Waals surface area contributed by atoms with E-state index in [1.165, 1.54) is 17.5 Å². The van der Waals surface area contributed by atoms with Crippen molar-refractivity contribution in [2.75, 3.05) is 0 Å². The summed E-state index contributed by atoms with van der Waals surface area (Å²) in [4.78, 5) is 17.8. The number of Topliss-reactive ketones (excluding diaryl/α,β-unsaturated/α-hetero) is 1. The van der Waals surface area contributed by atoms with Crippen LogP contribution >= 0.6 is 0 Å². The fourth-order valence-corrected chi connectivity index (χ4v) is 7.03. The van der Waals surface area contributed by atoms with Gasteiger partial charge in [-0.15, -0.1) is 0 Å². The maximum Gasteiger partial charge on any atom is 0.139 e. The van der Waals surface area contributed by atoms with Crippen LogP contribution in [0.5, 0.6) is 0 Å². The summed E-state index contributed by atoms with van der Waals surface area (Å²) >= 11 is 0. The van der Waals surface area contributed by atoms with Gasteiger partial charge < -0.3 is 0 Å². The molecule has 0 amide bonds. The number of fused-ring (bicyclic) bond motifs is 5. The summed E-state index contributed by atoms with van der Waals surface area (Å²) in [6.07, 6.45) is 6.43. The number of benzene rings is 3. The molecule has 2 heteroatoms. The van der Waals surface area contributed by atoms with Gasteiger partial charge in [-0.2, -0.15) is 0 Å². The molecule has 2 nitrogen and oxygen atoms in total. The monoisotopic (exact) mass is 433 g/mol. The van der Waals surface area contributed by atoms with Gasteiger partial charge in [0, 0.05) is 23.0 Å². The lowest BCUT2D eigenvalue weighted by atomic mass is 9.55. The molecule has 2 fully saturated rings. The molecule has 0 radical (unpaired) electrons. The molecule has 0 aromatic heterocycles. The second-order valence-electron chi connectivity index (χ2n) is 10.4. The minimum atomic E-state index is -0.0524. The molecule has 0 heterocycles. The molecular weight excluding hydrogens is 402 g/mol. The maximum absolute atomic E-state index is 12.6. The summed E-state index contributed by atoms with van der Waals surface area (Å²) in [6, 6.07) is 27.8. The number of rotatable bonds is 3. The predicted octanol–water partition coefficient (Wildman–Crippen LogP) is 7.28.